The largest absolute Gasteiger partial charge is 1.00 e. The van der Waals surface area contributed by atoms with E-state index >= 15 is 0 Å². The Bertz CT molecular complexity index is 877. The predicted molar refractivity (Wildman–Crippen MR) is 120 cm³/mol. The van der Waals surface area contributed by atoms with Crippen LogP contribution in [0.1, 0.15) is 11.1 Å². The third-order valence-corrected chi connectivity index (χ3v) is 5.20. The summed E-state index contributed by atoms with van der Waals surface area (Å²) in [6.07, 6.45) is 1.78. The molecule has 2 saturated heterocycles. The molecule has 0 spiro atoms. The van der Waals surface area contributed by atoms with Gasteiger partial charge in [-0.15, -0.1) is 0 Å². The molecule has 2 aliphatic rings. The molecule has 2 aliphatic heterocycles. The molecule has 33 heavy (non-hydrogen) atoms. The van der Waals surface area contributed by atoms with Crippen LogP contribution in [0.4, 0.5) is 11.6 Å². The number of hydrazone groups is 1. The van der Waals surface area contributed by atoms with Crippen LogP contribution in [0.3, 0.4) is 0 Å². The van der Waals surface area contributed by atoms with E-state index < -0.39 is 0 Å². The van der Waals surface area contributed by atoms with Crippen LogP contribution in [0.2, 0.25) is 0 Å². The van der Waals surface area contributed by atoms with Gasteiger partial charge in [-0.3, -0.25) is 10.3 Å². The summed E-state index contributed by atoms with van der Waals surface area (Å²) >= 11 is 0. The number of aromatic nitrogens is 2. The number of morpholine rings is 2. The number of hydrogen-bond donors (Lipinski definition) is 1. The standard InChI is InChI=1S/C22H30N6O3.2BrH/c1-18-3-2-4-19(15-18)17-23-26-20-16-21(28-8-12-30-13-9-28)25-22(24-20)31-14-7-27-5-10-29-11-6-27;;/h2-4,15-17H,5-14H2,1H3,(H,24,25,26);2*1H/p-2/b23-17+;;. The third kappa shape index (κ3) is 8.82. The van der Waals surface area contributed by atoms with Crippen LogP contribution in [0, 0.1) is 6.92 Å². The summed E-state index contributed by atoms with van der Waals surface area (Å²) in [6.45, 7) is 9.76. The summed E-state index contributed by atoms with van der Waals surface area (Å²) in [7, 11) is 0. The first-order valence-corrected chi connectivity index (χ1v) is 10.8. The van der Waals surface area contributed by atoms with Crippen LogP contribution >= 0.6 is 0 Å². The number of hydrogen-bond acceptors (Lipinski definition) is 9. The van der Waals surface area contributed by atoms with Gasteiger partial charge in [-0.1, -0.05) is 29.8 Å². The van der Waals surface area contributed by atoms with E-state index in [-0.39, 0.29) is 34.0 Å². The zero-order chi connectivity index (χ0) is 21.3. The van der Waals surface area contributed by atoms with Crippen LogP contribution < -0.4 is 49.0 Å². The maximum atomic E-state index is 5.91. The highest BCUT2D eigenvalue weighted by Gasteiger charge is 2.16. The highest BCUT2D eigenvalue weighted by molar-refractivity contribution is 5.80. The molecule has 0 aliphatic carbocycles. The molecule has 0 bridgehead atoms. The van der Waals surface area contributed by atoms with Crippen molar-refractivity contribution in [3.63, 3.8) is 0 Å². The number of benzene rings is 1. The van der Waals surface area contributed by atoms with Gasteiger partial charge < -0.3 is 53.1 Å². The number of aryl methyl sites for hydroxylation is 1. The van der Waals surface area contributed by atoms with E-state index in [2.05, 4.69) is 49.4 Å². The summed E-state index contributed by atoms with van der Waals surface area (Å²) in [5.41, 5.74) is 5.24. The van der Waals surface area contributed by atoms with Crippen molar-refractivity contribution in [2.24, 2.45) is 5.10 Å². The third-order valence-electron chi connectivity index (χ3n) is 5.20. The van der Waals surface area contributed by atoms with E-state index in [1.54, 1.807) is 6.21 Å². The minimum atomic E-state index is 0. The topological polar surface area (TPSA) is 84.3 Å². The molecule has 0 saturated carbocycles. The summed E-state index contributed by atoms with van der Waals surface area (Å²) < 4.78 is 16.8. The minimum Gasteiger partial charge on any atom is -1.00 e. The number of anilines is 2. The lowest BCUT2D eigenvalue weighted by Crippen LogP contribution is -3.00. The second kappa shape index (κ2) is 14.5. The molecular weight excluding hydrogens is 556 g/mol. The number of nitrogens with one attached hydrogen (secondary N) is 1. The minimum absolute atomic E-state index is 0. The Labute approximate surface area is 216 Å². The molecule has 182 valence electrons. The maximum absolute atomic E-state index is 5.91. The molecule has 3 heterocycles. The lowest BCUT2D eigenvalue weighted by molar-refractivity contribution is -0.001000. The molecule has 2 aromatic rings. The van der Waals surface area contributed by atoms with E-state index in [0.717, 1.165) is 57.3 Å². The van der Waals surface area contributed by atoms with Crippen molar-refractivity contribution in [3.05, 3.63) is 41.5 Å². The number of rotatable bonds is 8. The zero-order valence-electron chi connectivity index (χ0n) is 18.8. The fourth-order valence-corrected chi connectivity index (χ4v) is 3.50. The normalized spacial score (nSPS) is 16.7. The predicted octanol–water partition coefficient (Wildman–Crippen LogP) is -4.21. The fraction of sp³-hybridized carbons (Fsp3) is 0.500. The smallest absolute Gasteiger partial charge is 0.320 e. The van der Waals surface area contributed by atoms with Gasteiger partial charge in [0, 0.05) is 38.8 Å². The van der Waals surface area contributed by atoms with Gasteiger partial charge in [0.05, 0.1) is 32.6 Å². The van der Waals surface area contributed by atoms with Crippen molar-refractivity contribution in [2.45, 2.75) is 6.92 Å². The molecule has 1 aromatic carbocycles. The average molecular weight is 586 g/mol. The molecule has 0 amide bonds. The van der Waals surface area contributed by atoms with Crippen molar-refractivity contribution in [1.29, 1.82) is 0 Å². The molecule has 2 fully saturated rings. The van der Waals surface area contributed by atoms with Gasteiger partial charge in [-0.2, -0.15) is 15.1 Å². The highest BCUT2D eigenvalue weighted by Crippen LogP contribution is 2.20. The molecule has 1 aromatic heterocycles. The van der Waals surface area contributed by atoms with Gasteiger partial charge in [0.2, 0.25) is 0 Å². The molecule has 1 N–H and O–H groups in total. The average Bonchev–Trinajstić information content (AvgIpc) is 2.80. The van der Waals surface area contributed by atoms with Gasteiger partial charge >= 0.3 is 6.01 Å². The zero-order valence-corrected chi connectivity index (χ0v) is 21.9. The van der Waals surface area contributed by atoms with Crippen LogP contribution in [0.5, 0.6) is 6.01 Å². The Morgan fingerprint density at radius 2 is 1.76 bits per heavy atom. The van der Waals surface area contributed by atoms with E-state index in [1.165, 1.54) is 5.56 Å². The van der Waals surface area contributed by atoms with Crippen molar-refractivity contribution in [1.82, 2.24) is 14.9 Å². The lowest BCUT2D eigenvalue weighted by atomic mass is 10.2. The summed E-state index contributed by atoms with van der Waals surface area (Å²) in [5.74, 6) is 1.41. The number of nitrogens with zero attached hydrogens (tertiary/aromatic N) is 5. The van der Waals surface area contributed by atoms with Gasteiger partial charge in [-0.25, -0.2) is 0 Å². The summed E-state index contributed by atoms with van der Waals surface area (Å²) in [6, 6.07) is 10.4. The van der Waals surface area contributed by atoms with Crippen molar-refractivity contribution < 1.29 is 48.2 Å². The molecule has 11 heteroatoms. The first kappa shape index (κ1) is 27.5. The Kier molecular flexibility index (Phi) is 12.0. The molecular formula is C22H30Br2N6O3-2. The summed E-state index contributed by atoms with van der Waals surface area (Å²) in [4.78, 5) is 13.6. The van der Waals surface area contributed by atoms with E-state index in [4.69, 9.17) is 14.2 Å². The van der Waals surface area contributed by atoms with Crippen LogP contribution in [0.25, 0.3) is 0 Å². The second-order valence-corrected chi connectivity index (χ2v) is 7.58. The van der Waals surface area contributed by atoms with E-state index in [9.17, 15) is 0 Å². The molecule has 4 rings (SSSR count). The highest BCUT2D eigenvalue weighted by atomic mass is 79.9. The van der Waals surface area contributed by atoms with E-state index in [1.807, 2.05) is 18.2 Å². The Hall–Kier alpha value is -1.79. The fourth-order valence-electron chi connectivity index (χ4n) is 3.50. The number of halogens is 2. The van der Waals surface area contributed by atoms with Crippen LogP contribution in [0.15, 0.2) is 35.4 Å². The monoisotopic (exact) mass is 584 g/mol. The van der Waals surface area contributed by atoms with Gasteiger partial charge in [0.25, 0.3) is 0 Å². The molecule has 0 radical (unpaired) electrons. The first-order chi connectivity index (χ1) is 15.3. The van der Waals surface area contributed by atoms with Crippen LogP contribution in [-0.4, -0.2) is 86.8 Å². The maximum Gasteiger partial charge on any atom is 0.320 e. The molecule has 0 unspecified atom stereocenters. The first-order valence-electron chi connectivity index (χ1n) is 10.8. The Morgan fingerprint density at radius 1 is 1.03 bits per heavy atom. The molecule has 0 atom stereocenters. The lowest BCUT2D eigenvalue weighted by Gasteiger charge is -2.28. The van der Waals surface area contributed by atoms with Gasteiger partial charge in [0.1, 0.15) is 12.4 Å². The molecule has 9 nitrogen and oxygen atoms in total. The van der Waals surface area contributed by atoms with Crippen molar-refractivity contribution in [2.75, 3.05) is 76.1 Å². The Balaban J connectivity index is 0.00000193. The Morgan fingerprint density at radius 3 is 2.48 bits per heavy atom. The van der Waals surface area contributed by atoms with Crippen molar-refractivity contribution >= 4 is 17.9 Å². The van der Waals surface area contributed by atoms with Gasteiger partial charge in [-0.05, 0) is 12.5 Å². The van der Waals surface area contributed by atoms with E-state index in [0.29, 0.717) is 31.6 Å². The SMILES string of the molecule is Cc1cccc(/C=N/Nc2cc(N3CCOCC3)nc(OCCN3CCOCC3)n2)c1.[Br-].[Br-]. The van der Waals surface area contributed by atoms with Crippen LogP contribution in [-0.2, 0) is 9.47 Å². The van der Waals surface area contributed by atoms with Crippen molar-refractivity contribution in [3.8, 4) is 6.01 Å². The van der Waals surface area contributed by atoms with Gasteiger partial charge in [0.15, 0.2) is 5.82 Å². The quantitative estimate of drug-likeness (QED) is 0.247. The number of ether oxygens (including phenoxy) is 3. The second-order valence-electron chi connectivity index (χ2n) is 7.58. The summed E-state index contributed by atoms with van der Waals surface area (Å²) in [5, 5.41) is 4.35.